The van der Waals surface area contributed by atoms with Gasteiger partial charge in [-0.3, -0.25) is 14.8 Å². The van der Waals surface area contributed by atoms with Crippen molar-refractivity contribution in [3.63, 3.8) is 0 Å². The van der Waals surface area contributed by atoms with Crippen LogP contribution in [0.25, 0.3) is 0 Å². The normalized spacial score (nSPS) is 11.0. The lowest BCUT2D eigenvalue weighted by molar-refractivity contribution is -0.129. The van der Waals surface area contributed by atoms with Gasteiger partial charge >= 0.3 is 0 Å². The third-order valence-electron chi connectivity index (χ3n) is 2.53. The smallest absolute Gasteiger partial charge is 0.269 e. The van der Waals surface area contributed by atoms with Gasteiger partial charge in [-0.15, -0.1) is 0 Å². The number of rotatable bonds is 6. The Kier molecular flexibility index (Phi) is 6.63. The zero-order valence-corrected chi connectivity index (χ0v) is 12.4. The van der Waals surface area contributed by atoms with E-state index in [1.807, 2.05) is 0 Å². The predicted octanol–water partition coefficient (Wildman–Crippen LogP) is 0.539. The van der Waals surface area contributed by atoms with Gasteiger partial charge < -0.3 is 15.6 Å². The van der Waals surface area contributed by atoms with E-state index in [2.05, 4.69) is 26.4 Å². The molecular formula is C12H14BrN3O5. The van der Waals surface area contributed by atoms with Gasteiger partial charge in [0.2, 0.25) is 5.91 Å². The number of carbonyl (C=O) groups is 2. The molecule has 0 radical (unpaired) electrons. The second kappa shape index (κ2) is 8.22. The van der Waals surface area contributed by atoms with Gasteiger partial charge in [0.25, 0.3) is 5.91 Å². The monoisotopic (exact) mass is 359 g/mol. The molecular weight excluding hydrogens is 346 g/mol. The van der Waals surface area contributed by atoms with E-state index in [1.54, 1.807) is 12.1 Å². The van der Waals surface area contributed by atoms with Gasteiger partial charge in [0.1, 0.15) is 11.5 Å². The summed E-state index contributed by atoms with van der Waals surface area (Å²) in [7, 11) is 0. The van der Waals surface area contributed by atoms with Gasteiger partial charge in [0, 0.05) is 19.4 Å². The van der Waals surface area contributed by atoms with E-state index in [0.29, 0.717) is 10.0 Å². The molecule has 0 saturated carbocycles. The Bertz CT molecular complexity index is 562. The van der Waals surface area contributed by atoms with Crippen molar-refractivity contribution >= 4 is 33.5 Å². The number of phenolic OH excluding ortho intramolecular Hbond substituents is 1. The largest absolute Gasteiger partial charge is 0.507 e. The Balaban J connectivity index is 2.60. The number of oxime groups is 1. The minimum atomic E-state index is -0.639. The lowest BCUT2D eigenvalue weighted by Crippen LogP contribution is -2.35. The molecule has 9 heteroatoms. The molecule has 0 aliphatic rings. The van der Waals surface area contributed by atoms with Crippen LogP contribution in [0.15, 0.2) is 27.8 Å². The Morgan fingerprint density at radius 1 is 1.33 bits per heavy atom. The second-order valence-corrected chi connectivity index (χ2v) is 4.90. The van der Waals surface area contributed by atoms with E-state index in [0.717, 1.165) is 0 Å². The number of hydroxylamine groups is 1. The number of benzene rings is 1. The number of carbonyl (C=O) groups excluding carboxylic acids is 2. The van der Waals surface area contributed by atoms with Crippen molar-refractivity contribution < 1.29 is 25.1 Å². The fourth-order valence-corrected chi connectivity index (χ4v) is 1.89. The van der Waals surface area contributed by atoms with Gasteiger partial charge in [0.05, 0.1) is 4.47 Å². The van der Waals surface area contributed by atoms with Gasteiger partial charge in [-0.1, -0.05) is 11.2 Å². The van der Waals surface area contributed by atoms with E-state index in [1.165, 1.54) is 11.5 Å². The number of nitrogens with zero attached hydrogens (tertiary/aromatic N) is 1. The van der Waals surface area contributed by atoms with Crippen LogP contribution in [-0.2, 0) is 16.0 Å². The molecule has 0 atom stereocenters. The molecule has 0 fully saturated rings. The second-order valence-electron chi connectivity index (χ2n) is 4.05. The van der Waals surface area contributed by atoms with Gasteiger partial charge in [-0.2, -0.15) is 0 Å². The van der Waals surface area contributed by atoms with E-state index in [4.69, 9.17) is 10.4 Å². The molecule has 0 saturated heterocycles. The van der Waals surface area contributed by atoms with Crippen molar-refractivity contribution in [2.45, 2.75) is 12.8 Å². The van der Waals surface area contributed by atoms with Crippen molar-refractivity contribution in [3.05, 3.63) is 28.2 Å². The van der Waals surface area contributed by atoms with Crippen LogP contribution in [0.1, 0.15) is 12.0 Å². The summed E-state index contributed by atoms with van der Waals surface area (Å²) >= 11 is 3.14. The Labute approximate surface area is 128 Å². The number of hydrogen-bond acceptors (Lipinski definition) is 6. The first-order valence-electron chi connectivity index (χ1n) is 5.87. The van der Waals surface area contributed by atoms with Crippen molar-refractivity contribution in [3.8, 4) is 5.75 Å². The lowest BCUT2D eigenvalue weighted by atomic mass is 10.1. The SMILES string of the molecule is O=C(CCNC(=O)C(Cc1ccc(O)c(Br)c1)=NO)NO. The Hall–Kier alpha value is -2.13. The number of halogens is 1. The first-order valence-corrected chi connectivity index (χ1v) is 6.66. The summed E-state index contributed by atoms with van der Waals surface area (Å²) in [5.41, 5.74) is 1.94. The summed E-state index contributed by atoms with van der Waals surface area (Å²) in [4.78, 5) is 22.5. The lowest BCUT2D eigenvalue weighted by Gasteiger charge is -2.07. The minimum absolute atomic E-state index is 0.0104. The first kappa shape index (κ1) is 16.9. The quantitative estimate of drug-likeness (QED) is 0.219. The Morgan fingerprint density at radius 2 is 2.05 bits per heavy atom. The molecule has 2 amide bonds. The number of hydrogen-bond donors (Lipinski definition) is 5. The molecule has 1 aromatic carbocycles. The molecule has 0 aliphatic carbocycles. The van der Waals surface area contributed by atoms with Crippen LogP contribution < -0.4 is 10.8 Å². The van der Waals surface area contributed by atoms with Gasteiger partial charge in [-0.05, 0) is 33.6 Å². The molecule has 0 aliphatic heterocycles. The average Bonchev–Trinajstić information content (AvgIpc) is 2.47. The van der Waals surface area contributed by atoms with Gasteiger partial charge in [0.15, 0.2) is 0 Å². The molecule has 1 rings (SSSR count). The molecule has 0 heterocycles. The highest BCUT2D eigenvalue weighted by Crippen LogP contribution is 2.24. The van der Waals surface area contributed by atoms with E-state index >= 15 is 0 Å². The third-order valence-corrected chi connectivity index (χ3v) is 3.16. The molecule has 8 nitrogen and oxygen atoms in total. The van der Waals surface area contributed by atoms with E-state index in [9.17, 15) is 14.7 Å². The summed E-state index contributed by atoms with van der Waals surface area (Å²) in [5, 5.41) is 31.9. The highest BCUT2D eigenvalue weighted by atomic mass is 79.9. The highest BCUT2D eigenvalue weighted by molar-refractivity contribution is 9.10. The molecule has 0 bridgehead atoms. The number of phenols is 1. The number of nitrogens with one attached hydrogen (secondary N) is 2. The van der Waals surface area contributed by atoms with Crippen molar-refractivity contribution in [2.24, 2.45) is 5.16 Å². The molecule has 21 heavy (non-hydrogen) atoms. The number of aromatic hydroxyl groups is 1. The standard InChI is InChI=1S/C12H14BrN3O5/c13-8-5-7(1-2-10(8)17)6-9(15-20)12(19)14-4-3-11(18)16-21/h1-2,5,17,20-21H,3-4,6H2,(H,14,19)(H,16,18). The zero-order chi connectivity index (χ0) is 15.8. The van der Waals surface area contributed by atoms with Crippen LogP contribution in [0, 0.1) is 0 Å². The first-order chi connectivity index (χ1) is 9.97. The van der Waals surface area contributed by atoms with Crippen molar-refractivity contribution in [2.75, 3.05) is 6.54 Å². The van der Waals surface area contributed by atoms with Crippen LogP contribution in [0.2, 0.25) is 0 Å². The number of amides is 2. The van der Waals surface area contributed by atoms with E-state index in [-0.39, 0.29) is 30.8 Å². The zero-order valence-electron chi connectivity index (χ0n) is 10.8. The van der Waals surface area contributed by atoms with Gasteiger partial charge in [-0.25, -0.2) is 5.48 Å². The molecule has 5 N–H and O–H groups in total. The van der Waals surface area contributed by atoms with E-state index < -0.39 is 11.8 Å². The predicted molar refractivity (Wildman–Crippen MR) is 76.3 cm³/mol. The van der Waals surface area contributed by atoms with Crippen LogP contribution in [0.4, 0.5) is 0 Å². The maximum Gasteiger partial charge on any atom is 0.269 e. The Morgan fingerprint density at radius 3 is 2.62 bits per heavy atom. The molecule has 0 aromatic heterocycles. The molecule has 1 aromatic rings. The summed E-state index contributed by atoms with van der Waals surface area (Å²) in [5.74, 6) is -1.21. The fraction of sp³-hybridized carbons (Fsp3) is 0.250. The van der Waals surface area contributed by atoms with Crippen molar-refractivity contribution in [1.29, 1.82) is 0 Å². The van der Waals surface area contributed by atoms with Crippen LogP contribution in [-0.4, -0.2) is 39.6 Å². The topological polar surface area (TPSA) is 131 Å². The molecule has 114 valence electrons. The van der Waals surface area contributed by atoms with Crippen LogP contribution in [0.3, 0.4) is 0 Å². The maximum atomic E-state index is 11.7. The average molecular weight is 360 g/mol. The summed E-state index contributed by atoms with van der Waals surface area (Å²) in [6.07, 6.45) is -0.0564. The molecule has 0 unspecified atom stereocenters. The van der Waals surface area contributed by atoms with Crippen LogP contribution >= 0.6 is 15.9 Å². The fourth-order valence-electron chi connectivity index (χ4n) is 1.46. The third kappa shape index (κ3) is 5.40. The molecule has 0 spiro atoms. The minimum Gasteiger partial charge on any atom is -0.507 e. The maximum absolute atomic E-state index is 11.7. The summed E-state index contributed by atoms with van der Waals surface area (Å²) < 4.78 is 0.456. The highest BCUT2D eigenvalue weighted by Gasteiger charge is 2.14. The summed E-state index contributed by atoms with van der Waals surface area (Å²) in [6, 6.07) is 4.61. The van der Waals surface area contributed by atoms with Crippen LogP contribution in [0.5, 0.6) is 5.75 Å². The summed E-state index contributed by atoms with van der Waals surface area (Å²) in [6.45, 7) is -0.0104. The van der Waals surface area contributed by atoms with Crippen molar-refractivity contribution in [1.82, 2.24) is 10.8 Å².